The van der Waals surface area contributed by atoms with Crippen LogP contribution in [0.15, 0.2) is 0 Å². The summed E-state index contributed by atoms with van der Waals surface area (Å²) >= 11 is 0. The maximum atomic E-state index is 5.97. The zero-order valence-corrected chi connectivity index (χ0v) is 10.0. The van der Waals surface area contributed by atoms with Gasteiger partial charge in [0, 0.05) is 18.5 Å². The molecule has 3 rings (SSSR count). The van der Waals surface area contributed by atoms with E-state index < -0.39 is 0 Å². The zero-order valence-electron chi connectivity index (χ0n) is 10.0. The van der Waals surface area contributed by atoms with E-state index in [4.69, 9.17) is 5.73 Å². The number of fused-ring (bicyclic) bond motifs is 1. The number of nitrogens with zero attached hydrogens (tertiary/aromatic N) is 2. The average molecular weight is 220 g/mol. The minimum Gasteiger partial charge on any atom is -0.384 e. The molecule has 4 nitrogen and oxygen atoms in total. The molecule has 16 heavy (non-hydrogen) atoms. The van der Waals surface area contributed by atoms with Crippen molar-refractivity contribution in [2.75, 3.05) is 18.8 Å². The Labute approximate surface area is 96.2 Å². The summed E-state index contributed by atoms with van der Waals surface area (Å²) in [6, 6.07) is 0. The van der Waals surface area contributed by atoms with Gasteiger partial charge in [-0.05, 0) is 44.7 Å². The number of aromatic nitrogens is 2. The van der Waals surface area contributed by atoms with Crippen molar-refractivity contribution in [2.24, 2.45) is 18.9 Å². The third-order valence-corrected chi connectivity index (χ3v) is 4.42. The molecule has 1 saturated carbocycles. The van der Waals surface area contributed by atoms with Gasteiger partial charge in [-0.1, -0.05) is 0 Å². The minimum absolute atomic E-state index is 0.639. The average Bonchev–Trinajstić information content (AvgIpc) is 2.87. The number of nitrogens with one attached hydrogen (secondary N) is 1. The van der Waals surface area contributed by atoms with Gasteiger partial charge in [-0.3, -0.25) is 4.68 Å². The molecule has 2 aliphatic rings. The van der Waals surface area contributed by atoms with Crippen LogP contribution in [-0.2, 0) is 7.05 Å². The van der Waals surface area contributed by atoms with Crippen LogP contribution in [-0.4, -0.2) is 22.9 Å². The highest BCUT2D eigenvalue weighted by Gasteiger charge is 2.39. The van der Waals surface area contributed by atoms with Crippen molar-refractivity contribution in [3.05, 3.63) is 11.3 Å². The van der Waals surface area contributed by atoms with Crippen molar-refractivity contribution >= 4 is 5.82 Å². The second-order valence-electron chi connectivity index (χ2n) is 5.37. The molecule has 88 valence electrons. The first-order valence-electron chi connectivity index (χ1n) is 6.16. The molecular formula is C12H20N4. The van der Waals surface area contributed by atoms with Crippen LogP contribution in [0.1, 0.15) is 30.0 Å². The number of anilines is 1. The molecule has 1 aromatic heterocycles. The summed E-state index contributed by atoms with van der Waals surface area (Å²) < 4.78 is 1.82. The third-order valence-electron chi connectivity index (χ3n) is 4.42. The van der Waals surface area contributed by atoms with Crippen LogP contribution >= 0.6 is 0 Å². The summed E-state index contributed by atoms with van der Waals surface area (Å²) in [5, 5.41) is 8.07. The predicted molar refractivity (Wildman–Crippen MR) is 64.2 cm³/mol. The lowest BCUT2D eigenvalue weighted by Gasteiger charge is -2.09. The first kappa shape index (κ1) is 10.1. The molecule has 1 aliphatic carbocycles. The Morgan fingerprint density at radius 1 is 1.31 bits per heavy atom. The SMILES string of the molecule is Cc1c(C2CC3CNCC3C2)nn(C)c1N. The molecule has 3 N–H and O–H groups in total. The zero-order chi connectivity index (χ0) is 11.3. The lowest BCUT2D eigenvalue weighted by Crippen LogP contribution is -2.12. The van der Waals surface area contributed by atoms with Gasteiger partial charge in [0.15, 0.2) is 0 Å². The fraction of sp³-hybridized carbons (Fsp3) is 0.750. The van der Waals surface area contributed by atoms with E-state index in [1.165, 1.54) is 37.2 Å². The summed E-state index contributed by atoms with van der Waals surface area (Å²) in [5.41, 5.74) is 8.41. The third kappa shape index (κ3) is 1.36. The van der Waals surface area contributed by atoms with Gasteiger partial charge in [-0.25, -0.2) is 0 Å². The van der Waals surface area contributed by atoms with Crippen LogP contribution in [0, 0.1) is 18.8 Å². The molecule has 1 saturated heterocycles. The van der Waals surface area contributed by atoms with Crippen LogP contribution in [0.3, 0.4) is 0 Å². The van der Waals surface area contributed by atoms with Crippen LogP contribution in [0.2, 0.25) is 0 Å². The fourth-order valence-corrected chi connectivity index (χ4v) is 3.44. The van der Waals surface area contributed by atoms with E-state index in [9.17, 15) is 0 Å². The van der Waals surface area contributed by atoms with Crippen LogP contribution < -0.4 is 11.1 Å². The van der Waals surface area contributed by atoms with Crippen molar-refractivity contribution < 1.29 is 0 Å². The molecule has 1 aliphatic heterocycles. The second-order valence-corrected chi connectivity index (χ2v) is 5.37. The largest absolute Gasteiger partial charge is 0.384 e. The number of rotatable bonds is 1. The van der Waals surface area contributed by atoms with Gasteiger partial charge >= 0.3 is 0 Å². The van der Waals surface area contributed by atoms with E-state index >= 15 is 0 Å². The summed E-state index contributed by atoms with van der Waals surface area (Å²) in [4.78, 5) is 0. The number of nitrogen functional groups attached to an aromatic ring is 1. The van der Waals surface area contributed by atoms with Gasteiger partial charge in [-0.15, -0.1) is 0 Å². The molecule has 0 bridgehead atoms. The highest BCUT2D eigenvalue weighted by Crippen LogP contribution is 2.44. The van der Waals surface area contributed by atoms with E-state index in [0.717, 1.165) is 17.7 Å². The maximum Gasteiger partial charge on any atom is 0.124 e. The van der Waals surface area contributed by atoms with Crippen molar-refractivity contribution in [3.8, 4) is 0 Å². The van der Waals surface area contributed by atoms with Gasteiger partial charge in [0.25, 0.3) is 0 Å². The minimum atomic E-state index is 0.639. The van der Waals surface area contributed by atoms with Gasteiger partial charge in [-0.2, -0.15) is 5.10 Å². The highest BCUT2D eigenvalue weighted by molar-refractivity contribution is 5.43. The Balaban J connectivity index is 1.86. The Hall–Kier alpha value is -1.03. The van der Waals surface area contributed by atoms with Gasteiger partial charge in [0.2, 0.25) is 0 Å². The number of aryl methyl sites for hydroxylation is 1. The topological polar surface area (TPSA) is 55.9 Å². The molecule has 2 fully saturated rings. The molecule has 0 spiro atoms. The first-order chi connectivity index (χ1) is 7.66. The number of hydrogen-bond donors (Lipinski definition) is 2. The van der Waals surface area contributed by atoms with Crippen molar-refractivity contribution in [2.45, 2.75) is 25.7 Å². The summed E-state index contributed by atoms with van der Waals surface area (Å²) in [5.74, 6) is 3.20. The smallest absolute Gasteiger partial charge is 0.124 e. The Kier molecular flexibility index (Phi) is 2.21. The quantitative estimate of drug-likeness (QED) is 0.743. The predicted octanol–water partition coefficient (Wildman–Crippen LogP) is 1.02. The summed E-state index contributed by atoms with van der Waals surface area (Å²) in [6.07, 6.45) is 2.57. The normalized spacial score (nSPS) is 33.2. The molecule has 0 amide bonds. The van der Waals surface area contributed by atoms with Gasteiger partial charge in [0.05, 0.1) is 5.69 Å². The Bertz CT molecular complexity index is 397. The van der Waals surface area contributed by atoms with Gasteiger partial charge < -0.3 is 11.1 Å². The molecule has 2 unspecified atom stereocenters. The van der Waals surface area contributed by atoms with Crippen molar-refractivity contribution in [1.82, 2.24) is 15.1 Å². The lowest BCUT2D eigenvalue weighted by molar-refractivity contribution is 0.494. The molecule has 1 aromatic rings. The first-order valence-corrected chi connectivity index (χ1v) is 6.16. The maximum absolute atomic E-state index is 5.97. The van der Waals surface area contributed by atoms with E-state index in [1.807, 2.05) is 11.7 Å². The standard InChI is InChI=1S/C12H20N4/c1-7-11(15-16(2)12(7)13)8-3-9-5-14-6-10(9)4-8/h8-10,14H,3-6,13H2,1-2H3. The number of hydrogen-bond acceptors (Lipinski definition) is 3. The molecular weight excluding hydrogens is 200 g/mol. The molecule has 4 heteroatoms. The van der Waals surface area contributed by atoms with E-state index in [1.54, 1.807) is 0 Å². The second kappa shape index (κ2) is 3.48. The lowest BCUT2D eigenvalue weighted by atomic mass is 9.99. The Morgan fingerprint density at radius 2 is 1.94 bits per heavy atom. The van der Waals surface area contributed by atoms with Crippen LogP contribution in [0.5, 0.6) is 0 Å². The molecule has 0 aromatic carbocycles. The van der Waals surface area contributed by atoms with Gasteiger partial charge in [0.1, 0.15) is 5.82 Å². The van der Waals surface area contributed by atoms with E-state index in [2.05, 4.69) is 17.3 Å². The highest BCUT2D eigenvalue weighted by atomic mass is 15.3. The molecule has 2 atom stereocenters. The van der Waals surface area contributed by atoms with Crippen LogP contribution in [0.25, 0.3) is 0 Å². The van der Waals surface area contributed by atoms with E-state index in [-0.39, 0.29) is 0 Å². The van der Waals surface area contributed by atoms with E-state index in [0.29, 0.717) is 5.92 Å². The Morgan fingerprint density at radius 3 is 2.44 bits per heavy atom. The molecule has 2 heterocycles. The summed E-state index contributed by atoms with van der Waals surface area (Å²) in [7, 11) is 1.93. The van der Waals surface area contributed by atoms with Crippen molar-refractivity contribution in [3.63, 3.8) is 0 Å². The monoisotopic (exact) mass is 220 g/mol. The molecule has 0 radical (unpaired) electrons. The van der Waals surface area contributed by atoms with Crippen LogP contribution in [0.4, 0.5) is 5.82 Å². The van der Waals surface area contributed by atoms with Crippen molar-refractivity contribution in [1.29, 1.82) is 0 Å². The fourth-order valence-electron chi connectivity index (χ4n) is 3.44. The summed E-state index contributed by atoms with van der Waals surface area (Å²) in [6.45, 7) is 4.50. The number of nitrogens with two attached hydrogens (primary N) is 1.